The molecule has 0 unspecified atom stereocenters. The number of benzene rings is 4. The average molecular weight is 297 g/mol. The lowest BCUT2D eigenvalue weighted by Gasteiger charge is -2.18. The van der Waals surface area contributed by atoms with E-state index in [9.17, 15) is 0 Å². The topological polar surface area (TPSA) is 26.0 Å². The van der Waals surface area contributed by atoms with E-state index in [4.69, 9.17) is 5.73 Å². The summed E-state index contributed by atoms with van der Waals surface area (Å²) in [7, 11) is 0. The maximum atomic E-state index is 6.57. The highest BCUT2D eigenvalue weighted by molar-refractivity contribution is 6.11. The van der Waals surface area contributed by atoms with Crippen molar-refractivity contribution in [3.8, 4) is 11.1 Å². The molecule has 0 aliphatic heterocycles. The average Bonchev–Trinajstić information content (AvgIpc) is 2.60. The van der Waals surface area contributed by atoms with E-state index in [2.05, 4.69) is 80.6 Å². The van der Waals surface area contributed by atoms with E-state index < -0.39 is 0 Å². The Morgan fingerprint density at radius 2 is 1.22 bits per heavy atom. The maximum absolute atomic E-state index is 6.57. The number of nitrogens with two attached hydrogens (primary N) is 1. The zero-order valence-electron chi connectivity index (χ0n) is 13.4. The van der Waals surface area contributed by atoms with Crippen molar-refractivity contribution in [2.45, 2.75) is 13.8 Å². The smallest absolute Gasteiger partial charge is 0.0432 e. The molecule has 0 fully saturated rings. The van der Waals surface area contributed by atoms with Gasteiger partial charge >= 0.3 is 0 Å². The Labute approximate surface area is 136 Å². The fourth-order valence-electron chi connectivity index (χ4n) is 3.50. The van der Waals surface area contributed by atoms with E-state index in [1.54, 1.807) is 0 Å². The van der Waals surface area contributed by atoms with E-state index in [0.717, 1.165) is 11.3 Å². The van der Waals surface area contributed by atoms with Gasteiger partial charge in [-0.05, 0) is 52.1 Å². The fourth-order valence-corrected chi connectivity index (χ4v) is 3.50. The van der Waals surface area contributed by atoms with Crippen molar-refractivity contribution in [3.63, 3.8) is 0 Å². The minimum atomic E-state index is 0.887. The molecule has 0 bridgehead atoms. The van der Waals surface area contributed by atoms with Gasteiger partial charge in [-0.1, -0.05) is 66.7 Å². The third-order valence-corrected chi connectivity index (χ3v) is 4.90. The van der Waals surface area contributed by atoms with E-state index in [1.807, 2.05) is 0 Å². The molecule has 23 heavy (non-hydrogen) atoms. The predicted octanol–water partition coefficient (Wildman–Crippen LogP) is 5.86. The summed E-state index contributed by atoms with van der Waals surface area (Å²) >= 11 is 0. The van der Waals surface area contributed by atoms with E-state index in [-0.39, 0.29) is 0 Å². The molecule has 0 saturated heterocycles. The first-order valence-corrected chi connectivity index (χ1v) is 7.94. The van der Waals surface area contributed by atoms with Crippen molar-refractivity contribution in [2.75, 3.05) is 5.73 Å². The van der Waals surface area contributed by atoms with Gasteiger partial charge in [0.1, 0.15) is 0 Å². The molecule has 0 atom stereocenters. The van der Waals surface area contributed by atoms with Gasteiger partial charge in [-0.2, -0.15) is 0 Å². The molecule has 2 N–H and O–H groups in total. The largest absolute Gasteiger partial charge is 0.398 e. The molecule has 4 rings (SSSR count). The second-order valence-electron chi connectivity index (χ2n) is 6.11. The summed E-state index contributed by atoms with van der Waals surface area (Å²) < 4.78 is 0. The van der Waals surface area contributed by atoms with Gasteiger partial charge in [-0.25, -0.2) is 0 Å². The summed E-state index contributed by atoms with van der Waals surface area (Å²) in [6.07, 6.45) is 0. The van der Waals surface area contributed by atoms with Crippen molar-refractivity contribution >= 4 is 27.2 Å². The molecule has 4 aromatic rings. The zero-order valence-corrected chi connectivity index (χ0v) is 13.4. The van der Waals surface area contributed by atoms with Crippen LogP contribution in [0, 0.1) is 13.8 Å². The normalized spacial score (nSPS) is 11.2. The standard InChI is InChI=1S/C22H19N/c1-14-15(2)22(23)21(19-12-6-5-10-17(14)19)20-13-7-9-16-8-3-4-11-18(16)20/h3-13H,23H2,1-2H3. The number of hydrogen-bond acceptors (Lipinski definition) is 1. The Balaban J connectivity index is 2.21. The molecule has 0 aliphatic carbocycles. The van der Waals surface area contributed by atoms with Gasteiger partial charge in [-0.3, -0.25) is 0 Å². The highest BCUT2D eigenvalue weighted by Gasteiger charge is 2.15. The zero-order chi connectivity index (χ0) is 16.0. The van der Waals surface area contributed by atoms with Crippen LogP contribution in [0.5, 0.6) is 0 Å². The van der Waals surface area contributed by atoms with Crippen LogP contribution in [0.4, 0.5) is 5.69 Å². The fraction of sp³-hybridized carbons (Fsp3) is 0.0909. The third kappa shape index (κ3) is 2.01. The molecule has 1 nitrogen and oxygen atoms in total. The molecule has 1 heteroatoms. The number of anilines is 1. The number of aryl methyl sites for hydroxylation is 1. The first-order valence-electron chi connectivity index (χ1n) is 7.94. The Morgan fingerprint density at radius 1 is 0.609 bits per heavy atom. The van der Waals surface area contributed by atoms with Crippen LogP contribution in [-0.2, 0) is 0 Å². The third-order valence-electron chi connectivity index (χ3n) is 4.90. The Bertz CT molecular complexity index is 1040. The number of hydrogen-bond donors (Lipinski definition) is 1. The lowest BCUT2D eigenvalue weighted by Crippen LogP contribution is -1.99. The molecule has 0 heterocycles. The molecular weight excluding hydrogens is 278 g/mol. The second-order valence-corrected chi connectivity index (χ2v) is 6.11. The van der Waals surface area contributed by atoms with Crippen molar-refractivity contribution in [1.82, 2.24) is 0 Å². The van der Waals surface area contributed by atoms with Gasteiger partial charge in [0, 0.05) is 11.3 Å². The van der Waals surface area contributed by atoms with Gasteiger partial charge in [0.15, 0.2) is 0 Å². The summed E-state index contributed by atoms with van der Waals surface area (Å²) in [5.74, 6) is 0. The van der Waals surface area contributed by atoms with Crippen LogP contribution < -0.4 is 5.73 Å². The Hall–Kier alpha value is -2.80. The molecule has 0 radical (unpaired) electrons. The van der Waals surface area contributed by atoms with Crippen LogP contribution >= 0.6 is 0 Å². The highest BCUT2D eigenvalue weighted by atomic mass is 14.6. The van der Waals surface area contributed by atoms with E-state index in [1.165, 1.54) is 38.2 Å². The molecule has 112 valence electrons. The maximum Gasteiger partial charge on any atom is 0.0432 e. The lowest BCUT2D eigenvalue weighted by atomic mass is 9.88. The van der Waals surface area contributed by atoms with Crippen LogP contribution in [0.25, 0.3) is 32.7 Å². The summed E-state index contributed by atoms with van der Waals surface area (Å²) in [6.45, 7) is 4.27. The van der Waals surface area contributed by atoms with Gasteiger partial charge in [0.25, 0.3) is 0 Å². The minimum Gasteiger partial charge on any atom is -0.398 e. The van der Waals surface area contributed by atoms with Crippen molar-refractivity contribution in [1.29, 1.82) is 0 Å². The first kappa shape index (κ1) is 13.8. The molecule has 4 aromatic carbocycles. The van der Waals surface area contributed by atoms with E-state index in [0.29, 0.717) is 0 Å². The SMILES string of the molecule is Cc1c(N)c(-c2cccc3ccccc23)c2ccccc2c1C. The molecule has 0 spiro atoms. The summed E-state index contributed by atoms with van der Waals surface area (Å²) in [4.78, 5) is 0. The van der Waals surface area contributed by atoms with Crippen LogP contribution in [0.15, 0.2) is 66.7 Å². The van der Waals surface area contributed by atoms with E-state index >= 15 is 0 Å². The molecule has 0 saturated carbocycles. The molecule has 0 aliphatic rings. The number of rotatable bonds is 1. The minimum absolute atomic E-state index is 0.887. The Morgan fingerprint density at radius 3 is 2.00 bits per heavy atom. The van der Waals surface area contributed by atoms with Gasteiger partial charge in [-0.15, -0.1) is 0 Å². The molecular formula is C22H19N. The number of fused-ring (bicyclic) bond motifs is 2. The van der Waals surface area contributed by atoms with Gasteiger partial charge in [0.2, 0.25) is 0 Å². The second kappa shape index (κ2) is 5.13. The van der Waals surface area contributed by atoms with Crippen LogP contribution in [-0.4, -0.2) is 0 Å². The summed E-state index contributed by atoms with van der Waals surface area (Å²) in [5, 5.41) is 4.99. The van der Waals surface area contributed by atoms with Gasteiger partial charge < -0.3 is 5.73 Å². The first-order chi connectivity index (χ1) is 11.2. The van der Waals surface area contributed by atoms with Crippen LogP contribution in [0.3, 0.4) is 0 Å². The molecule has 0 amide bonds. The van der Waals surface area contributed by atoms with Crippen LogP contribution in [0.1, 0.15) is 11.1 Å². The number of nitrogen functional groups attached to an aromatic ring is 1. The van der Waals surface area contributed by atoms with Crippen molar-refractivity contribution in [3.05, 3.63) is 77.9 Å². The molecule has 0 aromatic heterocycles. The summed E-state index contributed by atoms with van der Waals surface area (Å²) in [5.41, 5.74) is 12.3. The van der Waals surface area contributed by atoms with Crippen LogP contribution in [0.2, 0.25) is 0 Å². The van der Waals surface area contributed by atoms with Crippen molar-refractivity contribution in [2.24, 2.45) is 0 Å². The monoisotopic (exact) mass is 297 g/mol. The predicted molar refractivity (Wildman–Crippen MR) is 101 cm³/mol. The van der Waals surface area contributed by atoms with Crippen molar-refractivity contribution < 1.29 is 0 Å². The Kier molecular flexibility index (Phi) is 3.09. The lowest BCUT2D eigenvalue weighted by molar-refractivity contribution is 1.38. The quantitative estimate of drug-likeness (QED) is 0.438. The highest BCUT2D eigenvalue weighted by Crippen LogP contribution is 2.41. The summed E-state index contributed by atoms with van der Waals surface area (Å²) in [6, 6.07) is 23.5. The van der Waals surface area contributed by atoms with Gasteiger partial charge in [0.05, 0.1) is 0 Å².